The molecule has 0 bridgehead atoms. The van der Waals surface area contributed by atoms with Crippen molar-refractivity contribution in [2.24, 2.45) is 0 Å². The molecule has 0 amide bonds. The summed E-state index contributed by atoms with van der Waals surface area (Å²) in [7, 11) is 0. The van der Waals surface area contributed by atoms with Crippen LogP contribution in [0.5, 0.6) is 0 Å². The standard InChI is InChI=1S/C32H52N4/c1-31(2,3)29-13-9-27(10-14-29)25-35-21-7-17-34-20-24-36(22-8-18-33-19-23-35)26-28-11-15-30(16-12-28)32(4,5)6/h9-16,33-34H,7-8,17-26H2,1-6H3. The molecule has 1 aliphatic rings. The third-order valence-corrected chi connectivity index (χ3v) is 7.32. The summed E-state index contributed by atoms with van der Waals surface area (Å²) in [5.41, 5.74) is 6.09. The molecule has 2 aromatic rings. The molecular formula is C32H52N4. The molecule has 0 unspecified atom stereocenters. The zero-order chi connectivity index (χ0) is 26.0. The van der Waals surface area contributed by atoms with E-state index in [1.165, 1.54) is 35.1 Å². The minimum absolute atomic E-state index is 0.214. The Morgan fingerprint density at radius 2 is 0.889 bits per heavy atom. The number of nitrogens with one attached hydrogen (secondary N) is 2. The summed E-state index contributed by atoms with van der Waals surface area (Å²) in [6, 6.07) is 18.5. The molecule has 0 radical (unpaired) electrons. The molecule has 1 saturated heterocycles. The Hall–Kier alpha value is -1.72. The first-order chi connectivity index (χ1) is 17.1. The average molecular weight is 493 g/mol. The Morgan fingerprint density at radius 1 is 0.528 bits per heavy atom. The minimum atomic E-state index is 0.214. The molecule has 4 heteroatoms. The van der Waals surface area contributed by atoms with Crippen molar-refractivity contribution in [1.29, 1.82) is 0 Å². The molecule has 0 aliphatic carbocycles. The maximum atomic E-state index is 3.71. The minimum Gasteiger partial charge on any atom is -0.315 e. The lowest BCUT2D eigenvalue weighted by molar-refractivity contribution is 0.241. The lowest BCUT2D eigenvalue weighted by atomic mass is 9.87. The van der Waals surface area contributed by atoms with Crippen molar-refractivity contribution in [2.45, 2.75) is 78.3 Å². The van der Waals surface area contributed by atoms with E-state index in [-0.39, 0.29) is 10.8 Å². The van der Waals surface area contributed by atoms with E-state index in [9.17, 15) is 0 Å². The van der Waals surface area contributed by atoms with Crippen molar-refractivity contribution >= 4 is 0 Å². The van der Waals surface area contributed by atoms with Gasteiger partial charge in [0.1, 0.15) is 0 Å². The Morgan fingerprint density at radius 3 is 1.22 bits per heavy atom. The van der Waals surface area contributed by atoms with Crippen LogP contribution in [0.25, 0.3) is 0 Å². The van der Waals surface area contributed by atoms with Crippen LogP contribution in [0.1, 0.15) is 76.6 Å². The molecule has 3 rings (SSSR count). The maximum absolute atomic E-state index is 3.71. The molecule has 0 spiro atoms. The van der Waals surface area contributed by atoms with Gasteiger partial charge >= 0.3 is 0 Å². The lowest BCUT2D eigenvalue weighted by Crippen LogP contribution is -2.38. The fourth-order valence-electron chi connectivity index (χ4n) is 4.86. The first-order valence-electron chi connectivity index (χ1n) is 14.2. The van der Waals surface area contributed by atoms with E-state index in [1.807, 2.05) is 0 Å². The SMILES string of the molecule is CC(C)(C)c1ccc(CN2CCCNCCN(Cc3ccc(C(C)(C)C)cc3)CCCNCC2)cc1. The quantitative estimate of drug-likeness (QED) is 0.585. The van der Waals surface area contributed by atoms with Crippen LogP contribution < -0.4 is 10.6 Å². The number of rotatable bonds is 4. The topological polar surface area (TPSA) is 30.5 Å². The van der Waals surface area contributed by atoms with E-state index in [1.54, 1.807) is 0 Å². The Labute approximate surface area is 221 Å². The van der Waals surface area contributed by atoms with Crippen molar-refractivity contribution < 1.29 is 0 Å². The van der Waals surface area contributed by atoms with Gasteiger partial charge in [0.2, 0.25) is 0 Å². The van der Waals surface area contributed by atoms with Gasteiger partial charge < -0.3 is 10.6 Å². The molecular weight excluding hydrogens is 440 g/mol. The molecule has 36 heavy (non-hydrogen) atoms. The van der Waals surface area contributed by atoms with Gasteiger partial charge in [-0.1, -0.05) is 90.1 Å². The number of hydrogen-bond donors (Lipinski definition) is 2. The average Bonchev–Trinajstić information content (AvgIpc) is 2.82. The largest absolute Gasteiger partial charge is 0.315 e. The van der Waals surface area contributed by atoms with Gasteiger partial charge in [0.15, 0.2) is 0 Å². The lowest BCUT2D eigenvalue weighted by Gasteiger charge is -2.26. The van der Waals surface area contributed by atoms with Crippen LogP contribution in [-0.2, 0) is 23.9 Å². The molecule has 1 heterocycles. The summed E-state index contributed by atoms with van der Waals surface area (Å²) in [6.45, 7) is 24.5. The van der Waals surface area contributed by atoms with E-state index in [4.69, 9.17) is 0 Å². The van der Waals surface area contributed by atoms with Crippen LogP contribution in [0.3, 0.4) is 0 Å². The third kappa shape index (κ3) is 9.97. The molecule has 200 valence electrons. The Kier molecular flexibility index (Phi) is 11.0. The molecule has 1 fully saturated rings. The van der Waals surface area contributed by atoms with Crippen molar-refractivity contribution in [2.75, 3.05) is 52.4 Å². The monoisotopic (exact) mass is 492 g/mol. The van der Waals surface area contributed by atoms with Gasteiger partial charge in [-0.05, 0) is 72.1 Å². The fourth-order valence-corrected chi connectivity index (χ4v) is 4.86. The fraction of sp³-hybridized carbons (Fsp3) is 0.625. The van der Waals surface area contributed by atoms with Gasteiger partial charge in [-0.15, -0.1) is 0 Å². The van der Waals surface area contributed by atoms with Crippen molar-refractivity contribution in [3.63, 3.8) is 0 Å². The molecule has 0 atom stereocenters. The van der Waals surface area contributed by atoms with Crippen LogP contribution in [0, 0.1) is 0 Å². The van der Waals surface area contributed by atoms with Gasteiger partial charge in [-0.2, -0.15) is 0 Å². The molecule has 1 aliphatic heterocycles. The first kappa shape index (κ1) is 28.8. The van der Waals surface area contributed by atoms with Crippen molar-refractivity contribution in [1.82, 2.24) is 20.4 Å². The highest BCUT2D eigenvalue weighted by Gasteiger charge is 2.15. The molecule has 2 aromatic carbocycles. The van der Waals surface area contributed by atoms with E-state index in [2.05, 4.69) is 111 Å². The second kappa shape index (κ2) is 13.7. The van der Waals surface area contributed by atoms with E-state index < -0.39 is 0 Å². The summed E-state index contributed by atoms with van der Waals surface area (Å²) in [5.74, 6) is 0. The molecule has 4 nitrogen and oxygen atoms in total. The van der Waals surface area contributed by atoms with Gasteiger partial charge in [-0.3, -0.25) is 9.80 Å². The maximum Gasteiger partial charge on any atom is 0.0234 e. The molecule has 0 aromatic heterocycles. The zero-order valence-electron chi connectivity index (χ0n) is 24.0. The van der Waals surface area contributed by atoms with Crippen LogP contribution >= 0.6 is 0 Å². The van der Waals surface area contributed by atoms with Gasteiger partial charge in [0, 0.05) is 39.3 Å². The highest BCUT2D eigenvalue weighted by Crippen LogP contribution is 2.23. The predicted octanol–water partition coefficient (Wildman–Crippen LogP) is 5.56. The smallest absolute Gasteiger partial charge is 0.0234 e. The van der Waals surface area contributed by atoms with Crippen LogP contribution in [-0.4, -0.2) is 62.2 Å². The van der Waals surface area contributed by atoms with Gasteiger partial charge in [0.25, 0.3) is 0 Å². The first-order valence-corrected chi connectivity index (χ1v) is 14.2. The van der Waals surface area contributed by atoms with E-state index in [0.29, 0.717) is 0 Å². The van der Waals surface area contributed by atoms with Crippen molar-refractivity contribution in [3.05, 3.63) is 70.8 Å². The second-order valence-electron chi connectivity index (χ2n) is 12.7. The molecule has 2 N–H and O–H groups in total. The summed E-state index contributed by atoms with van der Waals surface area (Å²) < 4.78 is 0. The van der Waals surface area contributed by atoms with Gasteiger partial charge in [-0.25, -0.2) is 0 Å². The number of benzene rings is 2. The van der Waals surface area contributed by atoms with E-state index in [0.717, 1.165) is 65.4 Å². The summed E-state index contributed by atoms with van der Waals surface area (Å²) in [5, 5.41) is 7.42. The highest BCUT2D eigenvalue weighted by molar-refractivity contribution is 5.28. The Bertz CT molecular complexity index is 783. The van der Waals surface area contributed by atoms with Gasteiger partial charge in [0.05, 0.1) is 0 Å². The number of nitrogens with zero attached hydrogens (tertiary/aromatic N) is 2. The van der Waals surface area contributed by atoms with Crippen LogP contribution in [0.4, 0.5) is 0 Å². The summed E-state index contributed by atoms with van der Waals surface area (Å²) in [4.78, 5) is 5.22. The zero-order valence-corrected chi connectivity index (χ0v) is 24.0. The normalized spacial score (nSPS) is 18.6. The summed E-state index contributed by atoms with van der Waals surface area (Å²) in [6.07, 6.45) is 2.38. The number of hydrogen-bond acceptors (Lipinski definition) is 4. The second-order valence-corrected chi connectivity index (χ2v) is 12.7. The molecule has 0 saturated carbocycles. The predicted molar refractivity (Wildman–Crippen MR) is 156 cm³/mol. The van der Waals surface area contributed by atoms with Crippen LogP contribution in [0.2, 0.25) is 0 Å². The van der Waals surface area contributed by atoms with Crippen LogP contribution in [0.15, 0.2) is 48.5 Å². The Balaban J connectivity index is 1.48. The van der Waals surface area contributed by atoms with Crippen molar-refractivity contribution in [3.8, 4) is 0 Å². The summed E-state index contributed by atoms with van der Waals surface area (Å²) >= 11 is 0. The van der Waals surface area contributed by atoms with E-state index >= 15 is 0 Å². The third-order valence-electron chi connectivity index (χ3n) is 7.32. The highest BCUT2D eigenvalue weighted by atomic mass is 15.2.